The normalized spacial score (nSPS) is 10.8. The third kappa shape index (κ3) is 5.74. The molecular formula is C19H15Cl2N3O3. The van der Waals surface area contributed by atoms with Crippen molar-refractivity contribution < 1.29 is 14.3 Å². The number of amides is 3. The molecule has 0 fully saturated rings. The van der Waals surface area contributed by atoms with Crippen molar-refractivity contribution >= 4 is 41.2 Å². The fourth-order valence-corrected chi connectivity index (χ4v) is 2.87. The number of nitrogens with two attached hydrogens (primary N) is 1. The van der Waals surface area contributed by atoms with Gasteiger partial charge in [0.1, 0.15) is 18.2 Å². The van der Waals surface area contributed by atoms with E-state index in [0.717, 1.165) is 11.1 Å². The molecule has 3 amide bonds. The molecule has 2 rings (SSSR count). The predicted octanol–water partition coefficient (Wildman–Crippen LogP) is 3.98. The summed E-state index contributed by atoms with van der Waals surface area (Å²) in [6.45, 7) is 2.26. The number of rotatable bonds is 5. The Balaban J connectivity index is 2.23. The van der Waals surface area contributed by atoms with Crippen molar-refractivity contribution in [2.24, 2.45) is 5.73 Å². The molecule has 2 aromatic carbocycles. The van der Waals surface area contributed by atoms with Gasteiger partial charge in [-0.15, -0.1) is 0 Å². The summed E-state index contributed by atoms with van der Waals surface area (Å²) < 4.78 is 5.70. The summed E-state index contributed by atoms with van der Waals surface area (Å²) in [7, 11) is 0. The van der Waals surface area contributed by atoms with Gasteiger partial charge >= 0.3 is 6.03 Å². The smallest absolute Gasteiger partial charge is 0.319 e. The van der Waals surface area contributed by atoms with E-state index in [1.165, 1.54) is 18.2 Å². The van der Waals surface area contributed by atoms with Crippen LogP contribution in [0.2, 0.25) is 10.0 Å². The van der Waals surface area contributed by atoms with Crippen molar-refractivity contribution in [2.45, 2.75) is 13.5 Å². The molecule has 0 heterocycles. The number of benzene rings is 2. The molecule has 0 bridgehead atoms. The molecule has 27 heavy (non-hydrogen) atoms. The van der Waals surface area contributed by atoms with Crippen molar-refractivity contribution in [3.8, 4) is 11.8 Å². The van der Waals surface area contributed by atoms with Gasteiger partial charge in [-0.3, -0.25) is 10.1 Å². The monoisotopic (exact) mass is 403 g/mol. The van der Waals surface area contributed by atoms with E-state index in [-0.39, 0.29) is 28.0 Å². The summed E-state index contributed by atoms with van der Waals surface area (Å²) in [6, 6.07) is 11.4. The van der Waals surface area contributed by atoms with Gasteiger partial charge in [0.15, 0.2) is 5.75 Å². The van der Waals surface area contributed by atoms with Crippen LogP contribution in [0.5, 0.6) is 5.75 Å². The molecule has 138 valence electrons. The Hall–Kier alpha value is -3.01. The van der Waals surface area contributed by atoms with Gasteiger partial charge in [0.25, 0.3) is 5.91 Å². The second-order valence-electron chi connectivity index (χ2n) is 5.58. The maximum Gasteiger partial charge on any atom is 0.319 e. The first-order valence-corrected chi connectivity index (χ1v) is 8.45. The average Bonchev–Trinajstić information content (AvgIpc) is 2.58. The van der Waals surface area contributed by atoms with Crippen LogP contribution in [-0.4, -0.2) is 11.9 Å². The number of nitriles is 1. The third-order valence-corrected chi connectivity index (χ3v) is 3.96. The Bertz CT molecular complexity index is 942. The number of imide groups is 1. The number of carbonyl (C=O) groups excluding carboxylic acids is 2. The second kappa shape index (κ2) is 9.08. The Kier molecular flexibility index (Phi) is 6.83. The lowest BCUT2D eigenvalue weighted by Crippen LogP contribution is -2.35. The fourth-order valence-electron chi connectivity index (χ4n) is 2.25. The minimum Gasteiger partial charge on any atom is -0.486 e. The van der Waals surface area contributed by atoms with Crippen LogP contribution in [0.25, 0.3) is 6.08 Å². The van der Waals surface area contributed by atoms with Gasteiger partial charge in [-0.25, -0.2) is 4.79 Å². The van der Waals surface area contributed by atoms with Gasteiger partial charge in [-0.05, 0) is 36.3 Å². The van der Waals surface area contributed by atoms with Crippen molar-refractivity contribution in [2.75, 3.05) is 0 Å². The van der Waals surface area contributed by atoms with Crippen LogP contribution in [0.1, 0.15) is 16.7 Å². The molecule has 0 saturated carbocycles. The van der Waals surface area contributed by atoms with Gasteiger partial charge < -0.3 is 10.5 Å². The quantitative estimate of drug-likeness (QED) is 0.581. The van der Waals surface area contributed by atoms with E-state index in [1.54, 1.807) is 6.07 Å². The molecule has 8 heteroatoms. The van der Waals surface area contributed by atoms with Crippen molar-refractivity contribution in [3.05, 3.63) is 68.7 Å². The molecule has 2 aromatic rings. The fraction of sp³-hybridized carbons (Fsp3) is 0.105. The molecule has 3 N–H and O–H groups in total. The van der Waals surface area contributed by atoms with Crippen LogP contribution in [0.3, 0.4) is 0 Å². The summed E-state index contributed by atoms with van der Waals surface area (Å²) in [5.41, 5.74) is 7.00. The highest BCUT2D eigenvalue weighted by Gasteiger charge is 2.14. The minimum atomic E-state index is -1.06. The highest BCUT2D eigenvalue weighted by atomic mass is 35.5. The number of halogens is 2. The maximum absolute atomic E-state index is 11.7. The molecule has 0 spiro atoms. The van der Waals surface area contributed by atoms with E-state index in [9.17, 15) is 9.59 Å². The largest absolute Gasteiger partial charge is 0.486 e. The van der Waals surface area contributed by atoms with E-state index in [0.29, 0.717) is 5.56 Å². The highest BCUT2D eigenvalue weighted by Crippen LogP contribution is 2.35. The van der Waals surface area contributed by atoms with Crippen LogP contribution in [0, 0.1) is 18.3 Å². The van der Waals surface area contributed by atoms with E-state index in [2.05, 4.69) is 0 Å². The number of carbonyl (C=O) groups is 2. The number of hydrogen-bond acceptors (Lipinski definition) is 4. The van der Waals surface area contributed by atoms with E-state index in [1.807, 2.05) is 36.5 Å². The molecule has 0 aliphatic carbocycles. The minimum absolute atomic E-state index is 0.217. The molecule has 0 aliphatic rings. The standard InChI is InChI=1S/C19H15Cl2N3O3/c1-11-3-2-4-12(5-11)10-27-17-15(20)7-13(8-16(17)21)6-14(9-22)18(25)24-19(23)26/h2-8H,10H2,1H3,(H3,23,24,25,26)/b14-6-. The topological polar surface area (TPSA) is 105 Å². The van der Waals surface area contributed by atoms with Gasteiger partial charge in [0.2, 0.25) is 0 Å². The molecule has 0 unspecified atom stereocenters. The van der Waals surface area contributed by atoms with Crippen molar-refractivity contribution in [1.82, 2.24) is 5.32 Å². The number of primary amides is 1. The Morgan fingerprint density at radius 1 is 1.26 bits per heavy atom. The SMILES string of the molecule is Cc1cccc(COc2c(Cl)cc(/C=C(/C#N)C(=O)NC(N)=O)cc2Cl)c1. The van der Waals surface area contributed by atoms with Gasteiger partial charge in [0, 0.05) is 0 Å². The predicted molar refractivity (Wildman–Crippen MR) is 103 cm³/mol. The molecule has 0 atom stereocenters. The molecule has 6 nitrogen and oxygen atoms in total. The number of hydrogen-bond donors (Lipinski definition) is 2. The van der Waals surface area contributed by atoms with Crippen molar-refractivity contribution in [1.29, 1.82) is 5.26 Å². The lowest BCUT2D eigenvalue weighted by atomic mass is 10.1. The summed E-state index contributed by atoms with van der Waals surface area (Å²) in [5.74, 6) is -0.630. The average molecular weight is 404 g/mol. The Morgan fingerprint density at radius 2 is 1.93 bits per heavy atom. The number of nitrogens with one attached hydrogen (secondary N) is 1. The third-order valence-electron chi connectivity index (χ3n) is 3.40. The Labute approximate surface area is 166 Å². The van der Waals surface area contributed by atoms with Crippen LogP contribution < -0.4 is 15.8 Å². The number of aryl methyl sites for hydroxylation is 1. The van der Waals surface area contributed by atoms with Crippen LogP contribution in [0.4, 0.5) is 4.79 Å². The summed E-state index contributed by atoms with van der Waals surface area (Å²) in [4.78, 5) is 22.5. The van der Waals surface area contributed by atoms with Gasteiger partial charge in [0.05, 0.1) is 10.0 Å². The first-order chi connectivity index (χ1) is 12.8. The summed E-state index contributed by atoms with van der Waals surface area (Å²) in [5, 5.41) is 11.3. The molecule has 0 aliphatic heterocycles. The van der Waals surface area contributed by atoms with Gasteiger partial charge in [-0.1, -0.05) is 53.0 Å². The summed E-state index contributed by atoms with van der Waals surface area (Å²) >= 11 is 12.5. The Morgan fingerprint density at radius 3 is 2.48 bits per heavy atom. The lowest BCUT2D eigenvalue weighted by Gasteiger charge is -2.11. The molecule has 0 radical (unpaired) electrons. The number of urea groups is 1. The van der Waals surface area contributed by atoms with Crippen LogP contribution in [-0.2, 0) is 11.4 Å². The number of ether oxygens (including phenoxy) is 1. The van der Waals surface area contributed by atoms with E-state index >= 15 is 0 Å². The van der Waals surface area contributed by atoms with Gasteiger partial charge in [-0.2, -0.15) is 5.26 Å². The van der Waals surface area contributed by atoms with E-state index in [4.69, 9.17) is 38.9 Å². The lowest BCUT2D eigenvalue weighted by molar-refractivity contribution is -0.115. The maximum atomic E-state index is 11.7. The first kappa shape index (κ1) is 20.3. The molecule has 0 saturated heterocycles. The number of nitrogens with zero attached hydrogens (tertiary/aromatic N) is 1. The summed E-state index contributed by atoms with van der Waals surface area (Å²) in [6.07, 6.45) is 1.24. The second-order valence-corrected chi connectivity index (χ2v) is 6.39. The van der Waals surface area contributed by atoms with Crippen molar-refractivity contribution in [3.63, 3.8) is 0 Å². The highest BCUT2D eigenvalue weighted by molar-refractivity contribution is 6.37. The first-order valence-electron chi connectivity index (χ1n) is 7.70. The van der Waals surface area contributed by atoms with Crippen LogP contribution in [0.15, 0.2) is 42.0 Å². The zero-order chi connectivity index (χ0) is 20.0. The molecule has 0 aromatic heterocycles. The zero-order valence-corrected chi connectivity index (χ0v) is 15.8. The molecular weight excluding hydrogens is 389 g/mol. The zero-order valence-electron chi connectivity index (χ0n) is 14.3. The van der Waals surface area contributed by atoms with E-state index < -0.39 is 11.9 Å². The van der Waals surface area contributed by atoms with Crippen LogP contribution >= 0.6 is 23.2 Å².